The van der Waals surface area contributed by atoms with Gasteiger partial charge in [-0.25, -0.2) is 0 Å². The van der Waals surface area contributed by atoms with E-state index in [-0.39, 0.29) is 17.6 Å². The molecule has 152 valence electrons. The monoisotopic (exact) mass is 427 g/mol. The Kier molecular flexibility index (Phi) is 7.77. The van der Waals surface area contributed by atoms with Gasteiger partial charge in [-0.15, -0.1) is 0 Å². The summed E-state index contributed by atoms with van der Waals surface area (Å²) < 4.78 is 16.1. The maximum atomic E-state index is 12.5. The largest absolute Gasteiger partial charge is 0.490 e. The lowest BCUT2D eigenvalue weighted by Crippen LogP contribution is -2.34. The van der Waals surface area contributed by atoms with E-state index < -0.39 is 23.7 Å². The van der Waals surface area contributed by atoms with Gasteiger partial charge in [-0.1, -0.05) is 11.6 Å². The number of carbonyl (C=O) groups excluding carboxylic acids is 3. The van der Waals surface area contributed by atoms with E-state index in [1.165, 1.54) is 6.08 Å². The number of esters is 1. The summed E-state index contributed by atoms with van der Waals surface area (Å²) >= 11 is 7.08. The van der Waals surface area contributed by atoms with Gasteiger partial charge in [0, 0.05) is 0 Å². The van der Waals surface area contributed by atoms with Crippen molar-refractivity contribution in [2.45, 2.75) is 33.8 Å². The van der Waals surface area contributed by atoms with Gasteiger partial charge in [0.1, 0.15) is 6.54 Å². The van der Waals surface area contributed by atoms with Crippen LogP contribution in [-0.4, -0.2) is 47.9 Å². The Morgan fingerprint density at radius 3 is 2.57 bits per heavy atom. The van der Waals surface area contributed by atoms with Crippen molar-refractivity contribution in [1.82, 2.24) is 4.90 Å². The van der Waals surface area contributed by atoms with Crippen LogP contribution in [0, 0.1) is 0 Å². The number of thioether (sulfide) groups is 1. The number of benzene rings is 1. The first-order valence-electron chi connectivity index (χ1n) is 8.80. The number of carbonyl (C=O) groups is 3. The van der Waals surface area contributed by atoms with E-state index in [0.29, 0.717) is 28.7 Å². The molecule has 2 rings (SSSR count). The third-order valence-corrected chi connectivity index (χ3v) is 4.64. The summed E-state index contributed by atoms with van der Waals surface area (Å²) in [6.07, 6.45) is 1.44. The van der Waals surface area contributed by atoms with E-state index in [0.717, 1.165) is 16.7 Å². The van der Waals surface area contributed by atoms with Crippen molar-refractivity contribution < 1.29 is 28.6 Å². The Bertz CT molecular complexity index is 808. The van der Waals surface area contributed by atoms with E-state index in [1.54, 1.807) is 19.1 Å². The highest BCUT2D eigenvalue weighted by molar-refractivity contribution is 8.18. The molecule has 0 spiro atoms. The Hall–Kier alpha value is -2.19. The van der Waals surface area contributed by atoms with E-state index in [4.69, 9.17) is 25.8 Å². The fraction of sp³-hybridized carbons (Fsp3) is 0.421. The molecular formula is C19H22ClNO6S. The molecule has 1 saturated heterocycles. The van der Waals surface area contributed by atoms with Crippen molar-refractivity contribution in [3.63, 3.8) is 0 Å². The first kappa shape index (κ1) is 22.1. The molecule has 1 aliphatic rings. The van der Waals surface area contributed by atoms with Crippen molar-refractivity contribution in [2.75, 3.05) is 19.8 Å². The van der Waals surface area contributed by atoms with Gasteiger partial charge in [0.25, 0.3) is 11.1 Å². The number of imide groups is 1. The van der Waals surface area contributed by atoms with Gasteiger partial charge in [-0.2, -0.15) is 0 Å². The van der Waals surface area contributed by atoms with E-state index in [9.17, 15) is 14.4 Å². The van der Waals surface area contributed by atoms with Crippen LogP contribution in [0.1, 0.15) is 33.3 Å². The number of amides is 2. The summed E-state index contributed by atoms with van der Waals surface area (Å²) in [5.74, 6) is -0.325. The number of rotatable bonds is 8. The molecule has 9 heteroatoms. The zero-order valence-electron chi connectivity index (χ0n) is 16.1. The second-order valence-corrected chi connectivity index (χ2v) is 7.40. The number of hydrogen-bond acceptors (Lipinski definition) is 7. The van der Waals surface area contributed by atoms with Gasteiger partial charge in [0.15, 0.2) is 11.5 Å². The minimum absolute atomic E-state index is 0.0954. The van der Waals surface area contributed by atoms with E-state index in [2.05, 4.69) is 0 Å². The highest BCUT2D eigenvalue weighted by Gasteiger charge is 2.36. The molecule has 1 fully saturated rings. The van der Waals surface area contributed by atoms with Crippen LogP contribution in [0.15, 0.2) is 17.0 Å². The number of halogens is 1. The summed E-state index contributed by atoms with van der Waals surface area (Å²) in [7, 11) is 0. The average molecular weight is 428 g/mol. The lowest BCUT2D eigenvalue weighted by molar-refractivity contribution is -0.145. The molecule has 1 aromatic rings. The maximum Gasteiger partial charge on any atom is 0.326 e. The van der Waals surface area contributed by atoms with Crippen molar-refractivity contribution >= 4 is 46.6 Å². The molecule has 0 saturated carbocycles. The highest BCUT2D eigenvalue weighted by atomic mass is 35.5. The van der Waals surface area contributed by atoms with Crippen LogP contribution in [-0.2, 0) is 14.3 Å². The van der Waals surface area contributed by atoms with Gasteiger partial charge in [-0.05, 0) is 63.2 Å². The molecule has 0 aliphatic carbocycles. The fourth-order valence-corrected chi connectivity index (χ4v) is 3.51. The summed E-state index contributed by atoms with van der Waals surface area (Å²) in [4.78, 5) is 37.2. The molecule has 0 aromatic heterocycles. The SMILES string of the molecule is CCOC(=O)CN1C(=O)S/C(=C/c2cc(Cl)c(OC(C)C)c(OCC)c2)C1=O. The summed E-state index contributed by atoms with van der Waals surface area (Å²) in [6.45, 7) is 7.40. The number of nitrogens with zero attached hydrogens (tertiary/aromatic N) is 1. The zero-order valence-corrected chi connectivity index (χ0v) is 17.7. The van der Waals surface area contributed by atoms with Gasteiger partial charge in [0.2, 0.25) is 0 Å². The third-order valence-electron chi connectivity index (χ3n) is 3.45. The predicted molar refractivity (Wildman–Crippen MR) is 108 cm³/mol. The van der Waals surface area contributed by atoms with Crippen LogP contribution in [0.2, 0.25) is 5.02 Å². The quantitative estimate of drug-likeness (QED) is 0.455. The van der Waals surface area contributed by atoms with Gasteiger partial charge < -0.3 is 14.2 Å². The topological polar surface area (TPSA) is 82.1 Å². The second kappa shape index (κ2) is 9.84. The smallest absolute Gasteiger partial charge is 0.326 e. The first-order valence-corrected chi connectivity index (χ1v) is 10.00. The molecule has 1 aromatic carbocycles. The lowest BCUT2D eigenvalue weighted by Gasteiger charge is -2.16. The van der Waals surface area contributed by atoms with Crippen LogP contribution < -0.4 is 9.47 Å². The Balaban J connectivity index is 2.30. The summed E-state index contributed by atoms with van der Waals surface area (Å²) in [5, 5.41) is -0.197. The van der Waals surface area contributed by atoms with Crippen LogP contribution >= 0.6 is 23.4 Å². The normalized spacial score (nSPS) is 15.5. The molecule has 1 heterocycles. The highest BCUT2D eigenvalue weighted by Crippen LogP contribution is 2.39. The summed E-state index contributed by atoms with van der Waals surface area (Å²) in [6, 6.07) is 3.31. The van der Waals surface area contributed by atoms with Crippen molar-refractivity contribution in [1.29, 1.82) is 0 Å². The number of hydrogen-bond donors (Lipinski definition) is 0. The minimum atomic E-state index is -0.636. The molecule has 0 bridgehead atoms. The minimum Gasteiger partial charge on any atom is -0.490 e. The van der Waals surface area contributed by atoms with Crippen LogP contribution in [0.25, 0.3) is 6.08 Å². The average Bonchev–Trinajstić information content (AvgIpc) is 2.86. The molecule has 0 unspecified atom stereocenters. The first-order chi connectivity index (χ1) is 13.3. The Morgan fingerprint density at radius 1 is 1.25 bits per heavy atom. The van der Waals surface area contributed by atoms with Crippen molar-refractivity contribution in [2.24, 2.45) is 0 Å². The third kappa shape index (κ3) is 5.42. The fourth-order valence-electron chi connectivity index (χ4n) is 2.41. The zero-order chi connectivity index (χ0) is 20.8. The van der Waals surface area contributed by atoms with Crippen LogP contribution in [0.5, 0.6) is 11.5 Å². The predicted octanol–water partition coefficient (Wildman–Crippen LogP) is 4.13. The lowest BCUT2D eigenvalue weighted by atomic mass is 10.1. The van der Waals surface area contributed by atoms with Gasteiger partial charge >= 0.3 is 5.97 Å². The molecule has 0 radical (unpaired) electrons. The van der Waals surface area contributed by atoms with E-state index >= 15 is 0 Å². The molecule has 0 atom stereocenters. The second-order valence-electron chi connectivity index (χ2n) is 6.00. The standard InChI is InChI=1S/C19H22ClNO6S/c1-5-25-14-8-12(7-13(20)17(14)27-11(3)4)9-15-18(23)21(19(24)28-15)10-16(22)26-6-2/h7-9,11H,5-6,10H2,1-4H3/b15-9+. The molecule has 0 N–H and O–H groups in total. The maximum absolute atomic E-state index is 12.5. The van der Waals surface area contributed by atoms with Crippen molar-refractivity contribution in [3.8, 4) is 11.5 Å². The Morgan fingerprint density at radius 2 is 1.96 bits per heavy atom. The van der Waals surface area contributed by atoms with E-state index in [1.807, 2.05) is 20.8 Å². The molecule has 2 amide bonds. The van der Waals surface area contributed by atoms with Crippen LogP contribution in [0.4, 0.5) is 4.79 Å². The molecule has 1 aliphatic heterocycles. The molecular weight excluding hydrogens is 406 g/mol. The van der Waals surface area contributed by atoms with Gasteiger partial charge in [0.05, 0.1) is 29.2 Å². The molecule has 28 heavy (non-hydrogen) atoms. The van der Waals surface area contributed by atoms with Crippen LogP contribution in [0.3, 0.4) is 0 Å². The Labute approximate surface area is 172 Å². The van der Waals surface area contributed by atoms with Crippen molar-refractivity contribution in [3.05, 3.63) is 27.6 Å². The summed E-state index contributed by atoms with van der Waals surface area (Å²) in [5.41, 5.74) is 0.575. The van der Waals surface area contributed by atoms with Gasteiger partial charge in [-0.3, -0.25) is 19.3 Å². The molecule has 7 nitrogen and oxygen atoms in total. The number of ether oxygens (including phenoxy) is 3.